The van der Waals surface area contributed by atoms with Crippen molar-refractivity contribution in [3.8, 4) is 0 Å². The summed E-state index contributed by atoms with van der Waals surface area (Å²) in [5.74, 6) is 0.977. The Morgan fingerprint density at radius 1 is 1.33 bits per heavy atom. The lowest BCUT2D eigenvalue weighted by Crippen LogP contribution is -2.43. The minimum atomic E-state index is -0.166. The molecule has 1 aromatic carbocycles. The van der Waals surface area contributed by atoms with Crippen LogP contribution in [0.15, 0.2) is 23.1 Å². The number of fused-ring (bicyclic) bond motifs is 1. The van der Waals surface area contributed by atoms with Crippen molar-refractivity contribution in [1.82, 2.24) is 4.90 Å². The summed E-state index contributed by atoms with van der Waals surface area (Å²) in [5, 5.41) is 0. The highest BCUT2D eigenvalue weighted by Gasteiger charge is 2.29. The Balaban J connectivity index is 1.61. The van der Waals surface area contributed by atoms with Gasteiger partial charge in [-0.1, -0.05) is 12.1 Å². The zero-order chi connectivity index (χ0) is 16.9. The van der Waals surface area contributed by atoms with Crippen LogP contribution in [0, 0.1) is 5.92 Å². The Kier molecular flexibility index (Phi) is 5.82. The first-order valence-corrected chi connectivity index (χ1v) is 9.85. The first-order valence-electron chi connectivity index (χ1n) is 8.86. The molecule has 130 valence electrons. The molecule has 1 atom stereocenters. The lowest BCUT2D eigenvalue weighted by molar-refractivity contribution is -0.151. The molecule has 2 aliphatic rings. The summed E-state index contributed by atoms with van der Waals surface area (Å²) < 4.78 is 5.11. The van der Waals surface area contributed by atoms with Gasteiger partial charge in [0.15, 0.2) is 0 Å². The van der Waals surface area contributed by atoms with Crippen LogP contribution < -0.4 is 0 Å². The average molecular weight is 347 g/mol. The molecule has 1 unspecified atom stereocenters. The Bertz CT molecular complexity index is 617. The molecule has 2 heterocycles. The molecular formula is C19H25NO3S. The third-order valence-corrected chi connectivity index (χ3v) is 5.92. The molecule has 4 nitrogen and oxygen atoms in total. The van der Waals surface area contributed by atoms with E-state index in [1.165, 1.54) is 22.6 Å². The van der Waals surface area contributed by atoms with Gasteiger partial charge >= 0.3 is 5.97 Å². The predicted octanol–water partition coefficient (Wildman–Crippen LogP) is 3.07. The summed E-state index contributed by atoms with van der Waals surface area (Å²) in [6.45, 7) is 3.46. The van der Waals surface area contributed by atoms with Gasteiger partial charge in [-0.3, -0.25) is 9.59 Å². The number of likely N-dealkylation sites (tertiary alicyclic amines) is 1. The van der Waals surface area contributed by atoms with Gasteiger partial charge in [-0.15, -0.1) is 11.8 Å². The maximum atomic E-state index is 12.6. The normalized spacial score (nSPS) is 20.4. The van der Waals surface area contributed by atoms with Crippen LogP contribution in [0.2, 0.25) is 0 Å². The van der Waals surface area contributed by atoms with Crippen molar-refractivity contribution in [3.05, 3.63) is 29.3 Å². The lowest BCUT2D eigenvalue weighted by atomic mass is 9.97. The van der Waals surface area contributed by atoms with Gasteiger partial charge in [-0.05, 0) is 55.6 Å². The molecule has 0 aromatic heterocycles. The second kappa shape index (κ2) is 8.06. The minimum Gasteiger partial charge on any atom is -0.466 e. The van der Waals surface area contributed by atoms with Crippen LogP contribution >= 0.6 is 11.8 Å². The van der Waals surface area contributed by atoms with Crippen molar-refractivity contribution in [1.29, 1.82) is 0 Å². The van der Waals surface area contributed by atoms with Gasteiger partial charge in [0, 0.05) is 18.0 Å². The number of ether oxygens (including phenoxy) is 1. The first-order chi connectivity index (χ1) is 11.7. The molecule has 1 aromatic rings. The number of nitrogens with zero attached hydrogens (tertiary/aromatic N) is 1. The molecule has 0 radical (unpaired) electrons. The van der Waals surface area contributed by atoms with Gasteiger partial charge in [-0.25, -0.2) is 0 Å². The standard InChI is InChI=1S/C19H25NO3S/c1-2-23-19(22)16-5-3-9-20(13-16)18(21)12-14-7-8-17-15(11-14)6-4-10-24-17/h7-8,11,16H,2-6,9-10,12-13H2,1H3. The summed E-state index contributed by atoms with van der Waals surface area (Å²) in [4.78, 5) is 27.7. The Morgan fingerprint density at radius 3 is 3.04 bits per heavy atom. The molecule has 0 aliphatic carbocycles. The van der Waals surface area contributed by atoms with Gasteiger partial charge < -0.3 is 9.64 Å². The topological polar surface area (TPSA) is 46.6 Å². The van der Waals surface area contributed by atoms with E-state index in [1.54, 1.807) is 0 Å². The van der Waals surface area contributed by atoms with Crippen LogP contribution in [0.5, 0.6) is 0 Å². The van der Waals surface area contributed by atoms with Crippen molar-refractivity contribution in [3.63, 3.8) is 0 Å². The fraction of sp³-hybridized carbons (Fsp3) is 0.579. The molecule has 1 fully saturated rings. The fourth-order valence-corrected chi connectivity index (χ4v) is 4.49. The molecule has 0 spiro atoms. The average Bonchev–Trinajstić information content (AvgIpc) is 2.62. The van der Waals surface area contributed by atoms with Gasteiger partial charge in [-0.2, -0.15) is 0 Å². The van der Waals surface area contributed by atoms with Crippen LogP contribution in [0.1, 0.15) is 37.3 Å². The summed E-state index contributed by atoms with van der Waals surface area (Å²) in [6, 6.07) is 6.41. The van der Waals surface area contributed by atoms with Gasteiger partial charge in [0.25, 0.3) is 0 Å². The van der Waals surface area contributed by atoms with E-state index in [-0.39, 0.29) is 17.8 Å². The van der Waals surface area contributed by atoms with E-state index in [4.69, 9.17) is 4.74 Å². The van der Waals surface area contributed by atoms with Crippen molar-refractivity contribution < 1.29 is 14.3 Å². The Hall–Kier alpha value is -1.49. The number of hydrogen-bond donors (Lipinski definition) is 0. The largest absolute Gasteiger partial charge is 0.466 e. The van der Waals surface area contributed by atoms with E-state index in [2.05, 4.69) is 18.2 Å². The van der Waals surface area contributed by atoms with Crippen molar-refractivity contribution in [2.45, 2.75) is 43.9 Å². The van der Waals surface area contributed by atoms with Crippen LogP contribution in [0.3, 0.4) is 0 Å². The molecule has 0 saturated carbocycles. The number of hydrogen-bond acceptors (Lipinski definition) is 4. The van der Waals surface area contributed by atoms with E-state index in [0.29, 0.717) is 19.6 Å². The van der Waals surface area contributed by atoms with Gasteiger partial charge in [0.2, 0.25) is 5.91 Å². The number of rotatable bonds is 4. The van der Waals surface area contributed by atoms with Crippen molar-refractivity contribution >= 4 is 23.6 Å². The van der Waals surface area contributed by atoms with Crippen LogP contribution in [0.25, 0.3) is 0 Å². The number of carbonyl (C=O) groups excluding carboxylic acids is 2. The van der Waals surface area contributed by atoms with E-state index >= 15 is 0 Å². The number of benzene rings is 1. The Labute approximate surface area is 147 Å². The summed E-state index contributed by atoms with van der Waals surface area (Å²) in [7, 11) is 0. The predicted molar refractivity (Wildman–Crippen MR) is 95.1 cm³/mol. The van der Waals surface area contributed by atoms with Crippen LogP contribution in [-0.2, 0) is 27.2 Å². The molecule has 5 heteroatoms. The van der Waals surface area contributed by atoms with E-state index < -0.39 is 0 Å². The highest BCUT2D eigenvalue weighted by Crippen LogP contribution is 2.30. The van der Waals surface area contributed by atoms with Crippen LogP contribution in [0.4, 0.5) is 0 Å². The highest BCUT2D eigenvalue weighted by atomic mass is 32.2. The number of aryl methyl sites for hydroxylation is 1. The summed E-state index contributed by atoms with van der Waals surface area (Å²) in [5.41, 5.74) is 2.46. The molecule has 1 amide bonds. The molecule has 1 saturated heterocycles. The Morgan fingerprint density at radius 2 is 2.21 bits per heavy atom. The zero-order valence-electron chi connectivity index (χ0n) is 14.3. The maximum Gasteiger partial charge on any atom is 0.310 e. The number of piperidine rings is 1. The molecular weight excluding hydrogens is 322 g/mol. The van der Waals surface area contributed by atoms with E-state index in [0.717, 1.165) is 31.4 Å². The van der Waals surface area contributed by atoms with Crippen molar-refractivity contribution in [2.75, 3.05) is 25.4 Å². The number of esters is 1. The van der Waals surface area contributed by atoms with Gasteiger partial charge in [0.1, 0.15) is 0 Å². The zero-order valence-corrected chi connectivity index (χ0v) is 15.1. The molecule has 2 aliphatic heterocycles. The highest BCUT2D eigenvalue weighted by molar-refractivity contribution is 7.99. The quantitative estimate of drug-likeness (QED) is 0.786. The van der Waals surface area contributed by atoms with Crippen LogP contribution in [-0.4, -0.2) is 42.2 Å². The molecule has 0 N–H and O–H groups in total. The second-order valence-electron chi connectivity index (χ2n) is 6.50. The molecule has 24 heavy (non-hydrogen) atoms. The van der Waals surface area contributed by atoms with Crippen molar-refractivity contribution in [2.24, 2.45) is 5.92 Å². The third-order valence-electron chi connectivity index (χ3n) is 4.72. The summed E-state index contributed by atoms with van der Waals surface area (Å²) in [6.07, 6.45) is 4.43. The smallest absolute Gasteiger partial charge is 0.310 e. The molecule has 0 bridgehead atoms. The third kappa shape index (κ3) is 4.12. The maximum absolute atomic E-state index is 12.6. The number of thioether (sulfide) groups is 1. The second-order valence-corrected chi connectivity index (χ2v) is 7.64. The number of amides is 1. The monoisotopic (exact) mass is 347 g/mol. The molecule has 3 rings (SSSR count). The number of carbonyl (C=O) groups is 2. The summed E-state index contributed by atoms with van der Waals surface area (Å²) >= 11 is 1.91. The SMILES string of the molecule is CCOC(=O)C1CCCN(C(=O)Cc2ccc3c(c2)CCCS3)C1. The fourth-order valence-electron chi connectivity index (χ4n) is 3.47. The van der Waals surface area contributed by atoms with E-state index in [1.807, 2.05) is 23.6 Å². The van der Waals surface area contributed by atoms with Gasteiger partial charge in [0.05, 0.1) is 18.9 Å². The van der Waals surface area contributed by atoms with E-state index in [9.17, 15) is 9.59 Å². The first kappa shape index (κ1) is 17.3. The lowest BCUT2D eigenvalue weighted by Gasteiger charge is -2.31. The minimum absolute atomic E-state index is 0.118.